The van der Waals surface area contributed by atoms with Crippen LogP contribution in [0.25, 0.3) is 0 Å². The number of ether oxygens (including phenoxy) is 1. The molecule has 0 atom stereocenters. The van der Waals surface area contributed by atoms with Gasteiger partial charge >= 0.3 is 0 Å². The van der Waals surface area contributed by atoms with Gasteiger partial charge in [0.05, 0.1) is 6.54 Å². The van der Waals surface area contributed by atoms with Gasteiger partial charge in [-0.3, -0.25) is 0 Å². The van der Waals surface area contributed by atoms with Crippen LogP contribution in [0, 0.1) is 6.92 Å². The van der Waals surface area contributed by atoms with Crippen molar-refractivity contribution in [1.82, 2.24) is 20.2 Å². The molecule has 0 aliphatic rings. The topological polar surface area (TPSA) is 64.9 Å². The monoisotopic (exact) mass is 335 g/mol. The number of hydrogen-bond acceptors (Lipinski definition) is 5. The zero-order valence-corrected chi connectivity index (χ0v) is 14.2. The average molecular weight is 335 g/mol. The third-order valence-electron chi connectivity index (χ3n) is 3.86. The van der Waals surface area contributed by atoms with E-state index < -0.39 is 0 Å². The molecule has 0 amide bonds. The van der Waals surface area contributed by atoms with E-state index in [1.807, 2.05) is 36.4 Å². The molecule has 1 heterocycles. The number of benzene rings is 2. The van der Waals surface area contributed by atoms with E-state index in [0.29, 0.717) is 25.6 Å². The normalized spacial score (nSPS) is 10.4. The van der Waals surface area contributed by atoms with Crippen molar-refractivity contribution in [2.24, 2.45) is 0 Å². The molecule has 0 saturated heterocycles. The zero-order valence-electron chi connectivity index (χ0n) is 14.2. The summed E-state index contributed by atoms with van der Waals surface area (Å²) in [5.74, 6) is 1.48. The van der Waals surface area contributed by atoms with E-state index in [-0.39, 0.29) is 0 Å². The largest absolute Gasteiger partial charge is 0.489 e. The molecule has 0 bridgehead atoms. The molecule has 0 fully saturated rings. The number of tetrazole rings is 1. The SMILES string of the molecule is C=CCn1nnnc1NCc1ccc(OCc2ccccc2C)cc1. The van der Waals surface area contributed by atoms with Gasteiger partial charge in [0.25, 0.3) is 0 Å². The number of aromatic nitrogens is 4. The summed E-state index contributed by atoms with van der Waals surface area (Å²) < 4.78 is 7.52. The van der Waals surface area contributed by atoms with Gasteiger partial charge in [0.15, 0.2) is 0 Å². The Morgan fingerprint density at radius 2 is 1.96 bits per heavy atom. The lowest BCUT2D eigenvalue weighted by atomic mass is 10.1. The number of rotatable bonds is 8. The van der Waals surface area contributed by atoms with Gasteiger partial charge in [-0.05, 0) is 46.2 Å². The fourth-order valence-electron chi connectivity index (χ4n) is 2.39. The second kappa shape index (κ2) is 8.10. The minimum absolute atomic E-state index is 0.570. The summed E-state index contributed by atoms with van der Waals surface area (Å²) in [4.78, 5) is 0. The number of hydrogen-bond donors (Lipinski definition) is 1. The maximum absolute atomic E-state index is 5.86. The van der Waals surface area contributed by atoms with Crippen LogP contribution in [0.4, 0.5) is 5.95 Å². The first-order chi connectivity index (χ1) is 12.3. The van der Waals surface area contributed by atoms with E-state index in [1.165, 1.54) is 11.1 Å². The van der Waals surface area contributed by atoms with Gasteiger partial charge in [-0.25, -0.2) is 4.68 Å². The molecule has 0 radical (unpaired) electrons. The molecule has 0 aliphatic heterocycles. The number of allylic oxidation sites excluding steroid dienone is 1. The lowest BCUT2D eigenvalue weighted by Crippen LogP contribution is -2.08. The fraction of sp³-hybridized carbons (Fsp3) is 0.211. The highest BCUT2D eigenvalue weighted by Crippen LogP contribution is 2.16. The number of nitrogens with one attached hydrogen (secondary N) is 1. The maximum atomic E-state index is 5.86. The lowest BCUT2D eigenvalue weighted by Gasteiger charge is -2.10. The van der Waals surface area contributed by atoms with Gasteiger partial charge in [-0.15, -0.1) is 6.58 Å². The van der Waals surface area contributed by atoms with E-state index >= 15 is 0 Å². The van der Waals surface area contributed by atoms with Crippen molar-refractivity contribution in [1.29, 1.82) is 0 Å². The molecule has 1 aromatic heterocycles. The van der Waals surface area contributed by atoms with Gasteiger partial charge in [0.2, 0.25) is 5.95 Å². The van der Waals surface area contributed by atoms with E-state index in [9.17, 15) is 0 Å². The minimum atomic E-state index is 0.570. The van der Waals surface area contributed by atoms with Crippen LogP contribution in [0.3, 0.4) is 0 Å². The molecule has 0 aliphatic carbocycles. The molecule has 0 spiro atoms. The number of anilines is 1. The van der Waals surface area contributed by atoms with Gasteiger partial charge in [-0.1, -0.05) is 47.6 Å². The summed E-state index contributed by atoms with van der Waals surface area (Å²) in [6.07, 6.45) is 1.75. The first-order valence-electron chi connectivity index (χ1n) is 8.13. The third kappa shape index (κ3) is 4.44. The highest BCUT2D eigenvalue weighted by atomic mass is 16.5. The predicted molar refractivity (Wildman–Crippen MR) is 97.3 cm³/mol. The smallest absolute Gasteiger partial charge is 0.243 e. The molecule has 1 N–H and O–H groups in total. The molecule has 2 aromatic carbocycles. The predicted octanol–water partition coefficient (Wildman–Crippen LogP) is 3.36. The van der Waals surface area contributed by atoms with E-state index in [4.69, 9.17) is 4.74 Å². The Morgan fingerprint density at radius 3 is 2.72 bits per heavy atom. The van der Waals surface area contributed by atoms with E-state index in [2.05, 4.69) is 46.5 Å². The third-order valence-corrected chi connectivity index (χ3v) is 3.86. The zero-order chi connectivity index (χ0) is 17.5. The summed E-state index contributed by atoms with van der Waals surface area (Å²) in [6.45, 7) is 7.56. The first-order valence-corrected chi connectivity index (χ1v) is 8.13. The summed E-state index contributed by atoms with van der Waals surface area (Å²) in [6, 6.07) is 16.2. The van der Waals surface area contributed by atoms with Crippen LogP contribution in [0.1, 0.15) is 16.7 Å². The molecule has 128 valence electrons. The minimum Gasteiger partial charge on any atom is -0.489 e. The van der Waals surface area contributed by atoms with Crippen molar-refractivity contribution >= 4 is 5.95 Å². The van der Waals surface area contributed by atoms with Crippen molar-refractivity contribution in [2.45, 2.75) is 26.6 Å². The van der Waals surface area contributed by atoms with Crippen LogP contribution < -0.4 is 10.1 Å². The molecule has 0 unspecified atom stereocenters. The Labute approximate surface area is 147 Å². The Bertz CT molecular complexity index is 826. The number of aryl methyl sites for hydroxylation is 1. The standard InChI is InChI=1S/C19H21N5O/c1-3-12-24-19(21-22-23-24)20-13-16-8-10-18(11-9-16)25-14-17-7-5-4-6-15(17)2/h3-11H,1,12-14H2,2H3,(H,20,21,23). The molecule has 6 nitrogen and oxygen atoms in total. The second-order valence-electron chi connectivity index (χ2n) is 5.69. The van der Waals surface area contributed by atoms with Crippen LogP contribution in [-0.4, -0.2) is 20.2 Å². The summed E-state index contributed by atoms with van der Waals surface area (Å²) in [5, 5.41) is 14.7. The van der Waals surface area contributed by atoms with Crippen molar-refractivity contribution in [3.63, 3.8) is 0 Å². The van der Waals surface area contributed by atoms with Crippen LogP contribution in [0.15, 0.2) is 61.2 Å². The van der Waals surface area contributed by atoms with Crippen molar-refractivity contribution in [3.05, 3.63) is 77.9 Å². The summed E-state index contributed by atoms with van der Waals surface area (Å²) in [7, 11) is 0. The average Bonchev–Trinajstić information content (AvgIpc) is 3.08. The molecular formula is C19H21N5O. The van der Waals surface area contributed by atoms with Crippen molar-refractivity contribution < 1.29 is 4.74 Å². The van der Waals surface area contributed by atoms with Crippen LogP contribution in [0.2, 0.25) is 0 Å². The van der Waals surface area contributed by atoms with Gasteiger partial charge < -0.3 is 10.1 Å². The molecule has 6 heteroatoms. The number of nitrogens with zero attached hydrogens (tertiary/aromatic N) is 4. The molecule has 3 rings (SSSR count). The van der Waals surface area contributed by atoms with Gasteiger partial charge in [0.1, 0.15) is 12.4 Å². The Hall–Kier alpha value is -3.15. The quantitative estimate of drug-likeness (QED) is 0.640. The fourth-order valence-corrected chi connectivity index (χ4v) is 2.39. The lowest BCUT2D eigenvalue weighted by molar-refractivity contribution is 0.305. The Morgan fingerprint density at radius 1 is 1.16 bits per heavy atom. The molecule has 3 aromatic rings. The van der Waals surface area contributed by atoms with Crippen LogP contribution in [0.5, 0.6) is 5.75 Å². The molecule has 0 saturated carbocycles. The Balaban J connectivity index is 1.54. The van der Waals surface area contributed by atoms with Crippen LogP contribution >= 0.6 is 0 Å². The van der Waals surface area contributed by atoms with E-state index in [1.54, 1.807) is 10.8 Å². The van der Waals surface area contributed by atoms with E-state index in [0.717, 1.165) is 11.3 Å². The summed E-state index contributed by atoms with van der Waals surface area (Å²) >= 11 is 0. The molecule has 25 heavy (non-hydrogen) atoms. The van der Waals surface area contributed by atoms with Gasteiger partial charge in [0, 0.05) is 6.54 Å². The van der Waals surface area contributed by atoms with Crippen LogP contribution in [-0.2, 0) is 19.7 Å². The highest BCUT2D eigenvalue weighted by Gasteiger charge is 2.04. The first kappa shape index (κ1) is 16.7. The second-order valence-corrected chi connectivity index (χ2v) is 5.69. The van der Waals surface area contributed by atoms with Crippen molar-refractivity contribution in [3.8, 4) is 5.75 Å². The highest BCUT2D eigenvalue weighted by molar-refractivity contribution is 5.32. The summed E-state index contributed by atoms with van der Waals surface area (Å²) in [5.41, 5.74) is 3.55. The van der Waals surface area contributed by atoms with Gasteiger partial charge in [-0.2, -0.15) is 0 Å². The molecular weight excluding hydrogens is 314 g/mol. The maximum Gasteiger partial charge on any atom is 0.243 e. The Kier molecular flexibility index (Phi) is 5.41. The van der Waals surface area contributed by atoms with Crippen molar-refractivity contribution in [2.75, 3.05) is 5.32 Å².